The Kier molecular flexibility index (Phi) is 2.62. The number of hydrogen-bond acceptors (Lipinski definition) is 3. The minimum atomic E-state index is 0.00278. The number of benzene rings is 1. The van der Waals surface area contributed by atoms with Gasteiger partial charge in [0.15, 0.2) is 0 Å². The highest BCUT2D eigenvalue weighted by Gasteiger charge is 2.25. The average molecular weight is 218 g/mol. The quantitative estimate of drug-likeness (QED) is 0.670. The second-order valence-corrected chi connectivity index (χ2v) is 4.98. The zero-order chi connectivity index (χ0) is 11.0. The fourth-order valence-electron chi connectivity index (χ4n) is 1.89. The van der Waals surface area contributed by atoms with E-state index in [-0.39, 0.29) is 6.04 Å². The van der Waals surface area contributed by atoms with E-state index >= 15 is 0 Å². The summed E-state index contributed by atoms with van der Waals surface area (Å²) in [6, 6.07) is 6.66. The van der Waals surface area contributed by atoms with Crippen molar-refractivity contribution in [2.45, 2.75) is 24.8 Å². The molecule has 1 unspecified atom stereocenters. The number of fused-ring (bicyclic) bond motifs is 1. The lowest BCUT2D eigenvalue weighted by atomic mass is 10.1. The summed E-state index contributed by atoms with van der Waals surface area (Å²) in [5.41, 5.74) is 3.82. The Hall–Kier alpha value is -1.14. The van der Waals surface area contributed by atoms with Crippen LogP contribution in [0.15, 0.2) is 17.0 Å². The van der Waals surface area contributed by atoms with Gasteiger partial charge < -0.3 is 4.90 Å². The van der Waals surface area contributed by atoms with Crippen LogP contribution in [-0.4, -0.2) is 18.8 Å². The minimum Gasteiger partial charge on any atom is -0.357 e. The maximum absolute atomic E-state index is 9.04. The highest BCUT2D eigenvalue weighted by Crippen LogP contribution is 2.39. The third-order valence-electron chi connectivity index (χ3n) is 3.03. The molecule has 1 aliphatic rings. The lowest BCUT2D eigenvalue weighted by molar-refractivity contribution is 0.817. The molecule has 0 bridgehead atoms. The number of anilines is 1. The first kappa shape index (κ1) is 10.4. The predicted molar refractivity (Wildman–Crippen MR) is 64.4 cm³/mol. The third kappa shape index (κ3) is 1.59. The first-order valence-corrected chi connectivity index (χ1v) is 5.99. The van der Waals surface area contributed by atoms with Crippen molar-refractivity contribution in [3.63, 3.8) is 0 Å². The Morgan fingerprint density at radius 1 is 1.47 bits per heavy atom. The van der Waals surface area contributed by atoms with Crippen LogP contribution >= 0.6 is 11.8 Å². The Bertz CT molecular complexity index is 434. The number of nitrogens with zero attached hydrogens (tertiary/aromatic N) is 2. The molecule has 0 N–H and O–H groups in total. The summed E-state index contributed by atoms with van der Waals surface area (Å²) in [6.45, 7) is 4.25. The third-order valence-corrected chi connectivity index (χ3v) is 4.15. The highest BCUT2D eigenvalue weighted by atomic mass is 32.2. The second kappa shape index (κ2) is 3.79. The zero-order valence-corrected chi connectivity index (χ0v) is 10.1. The van der Waals surface area contributed by atoms with Crippen LogP contribution in [0.25, 0.3) is 0 Å². The number of nitriles is 1. The van der Waals surface area contributed by atoms with Gasteiger partial charge in [0.25, 0.3) is 0 Å². The van der Waals surface area contributed by atoms with Gasteiger partial charge in [-0.1, -0.05) is 6.07 Å². The van der Waals surface area contributed by atoms with E-state index in [2.05, 4.69) is 36.9 Å². The molecular weight excluding hydrogens is 204 g/mol. The Labute approximate surface area is 94.9 Å². The molecule has 1 heterocycles. The van der Waals surface area contributed by atoms with Crippen molar-refractivity contribution in [3.8, 4) is 6.07 Å². The highest BCUT2D eigenvalue weighted by molar-refractivity contribution is 7.99. The molecule has 0 aromatic heterocycles. The van der Waals surface area contributed by atoms with E-state index < -0.39 is 0 Å². The van der Waals surface area contributed by atoms with Gasteiger partial charge in [0, 0.05) is 17.7 Å². The molecular formula is C12H14N2S. The van der Waals surface area contributed by atoms with Crippen molar-refractivity contribution in [3.05, 3.63) is 23.3 Å². The lowest BCUT2D eigenvalue weighted by Gasteiger charge is -2.33. The summed E-state index contributed by atoms with van der Waals surface area (Å²) >= 11 is 1.78. The largest absolute Gasteiger partial charge is 0.357 e. The van der Waals surface area contributed by atoms with Gasteiger partial charge in [-0.15, -0.1) is 11.8 Å². The van der Waals surface area contributed by atoms with Crippen molar-refractivity contribution < 1.29 is 0 Å². The van der Waals surface area contributed by atoms with E-state index in [9.17, 15) is 0 Å². The fourth-order valence-corrected chi connectivity index (χ4v) is 3.12. The van der Waals surface area contributed by atoms with Gasteiger partial charge in [-0.3, -0.25) is 0 Å². The van der Waals surface area contributed by atoms with Gasteiger partial charge in [0.05, 0.1) is 11.8 Å². The number of aryl methyl sites for hydroxylation is 1. The second-order valence-electron chi connectivity index (χ2n) is 3.92. The topological polar surface area (TPSA) is 27.0 Å². The van der Waals surface area contributed by atoms with Gasteiger partial charge in [0.2, 0.25) is 0 Å². The van der Waals surface area contributed by atoms with Crippen LogP contribution < -0.4 is 4.90 Å². The molecule has 0 aliphatic carbocycles. The van der Waals surface area contributed by atoms with E-state index in [0.717, 1.165) is 5.75 Å². The molecule has 78 valence electrons. The average Bonchev–Trinajstić information content (AvgIpc) is 2.24. The molecule has 15 heavy (non-hydrogen) atoms. The monoisotopic (exact) mass is 218 g/mol. The summed E-state index contributed by atoms with van der Waals surface area (Å²) in [7, 11) is 2.01. The van der Waals surface area contributed by atoms with E-state index in [1.165, 1.54) is 21.7 Å². The van der Waals surface area contributed by atoms with Gasteiger partial charge in [-0.25, -0.2) is 0 Å². The molecule has 0 amide bonds. The summed E-state index contributed by atoms with van der Waals surface area (Å²) < 4.78 is 0. The Morgan fingerprint density at radius 2 is 2.20 bits per heavy atom. The molecule has 1 aromatic rings. The van der Waals surface area contributed by atoms with Crippen LogP contribution in [0.5, 0.6) is 0 Å². The standard InChI is InChI=1S/C12H14N2S/c1-8-4-5-11-12(9(8)2)14(3)10(6-13)7-15-11/h4-5,10H,7H2,1-3H3. The normalized spacial score (nSPS) is 19.6. The van der Waals surface area contributed by atoms with Crippen molar-refractivity contribution >= 4 is 17.4 Å². The van der Waals surface area contributed by atoms with Crippen molar-refractivity contribution in [1.82, 2.24) is 0 Å². The molecule has 0 saturated carbocycles. The molecule has 0 fully saturated rings. The van der Waals surface area contributed by atoms with Crippen LogP contribution in [0.2, 0.25) is 0 Å². The van der Waals surface area contributed by atoms with Crippen LogP contribution in [0.3, 0.4) is 0 Å². The molecule has 2 rings (SSSR count). The molecule has 1 atom stereocenters. The molecule has 0 radical (unpaired) electrons. The number of thioether (sulfide) groups is 1. The molecule has 3 heteroatoms. The van der Waals surface area contributed by atoms with E-state index in [1.807, 2.05) is 7.05 Å². The fraction of sp³-hybridized carbons (Fsp3) is 0.417. The summed E-state index contributed by atoms with van der Waals surface area (Å²) in [5.74, 6) is 0.864. The minimum absolute atomic E-state index is 0.00278. The molecule has 0 spiro atoms. The zero-order valence-electron chi connectivity index (χ0n) is 9.24. The first-order chi connectivity index (χ1) is 7.15. The molecule has 2 nitrogen and oxygen atoms in total. The number of rotatable bonds is 0. The summed E-state index contributed by atoms with van der Waals surface area (Å²) in [5, 5.41) is 9.04. The Morgan fingerprint density at radius 3 is 2.87 bits per heavy atom. The predicted octanol–water partition coefficient (Wildman–Crippen LogP) is 2.74. The summed E-state index contributed by atoms with van der Waals surface area (Å²) in [4.78, 5) is 3.40. The first-order valence-electron chi connectivity index (χ1n) is 5.00. The molecule has 1 aromatic carbocycles. The lowest BCUT2D eigenvalue weighted by Crippen LogP contribution is -2.36. The van der Waals surface area contributed by atoms with E-state index in [0.29, 0.717) is 0 Å². The van der Waals surface area contributed by atoms with Crippen LogP contribution in [-0.2, 0) is 0 Å². The molecule has 0 saturated heterocycles. The van der Waals surface area contributed by atoms with Crippen molar-refractivity contribution in [1.29, 1.82) is 5.26 Å². The Balaban J connectivity index is 2.55. The van der Waals surface area contributed by atoms with Gasteiger partial charge in [-0.2, -0.15) is 5.26 Å². The van der Waals surface area contributed by atoms with Crippen LogP contribution in [0, 0.1) is 25.2 Å². The summed E-state index contributed by atoms with van der Waals surface area (Å²) in [6.07, 6.45) is 0. The van der Waals surface area contributed by atoms with Crippen LogP contribution in [0.4, 0.5) is 5.69 Å². The maximum atomic E-state index is 9.04. The maximum Gasteiger partial charge on any atom is 0.126 e. The number of hydrogen-bond donors (Lipinski definition) is 0. The molecule has 1 aliphatic heterocycles. The van der Waals surface area contributed by atoms with Gasteiger partial charge in [-0.05, 0) is 31.0 Å². The van der Waals surface area contributed by atoms with Crippen molar-refractivity contribution in [2.75, 3.05) is 17.7 Å². The van der Waals surface area contributed by atoms with Crippen LogP contribution in [0.1, 0.15) is 11.1 Å². The SMILES string of the molecule is Cc1ccc2c(c1C)N(C)C(C#N)CS2. The van der Waals surface area contributed by atoms with E-state index in [4.69, 9.17) is 5.26 Å². The van der Waals surface area contributed by atoms with Gasteiger partial charge >= 0.3 is 0 Å². The smallest absolute Gasteiger partial charge is 0.126 e. The van der Waals surface area contributed by atoms with Gasteiger partial charge in [0.1, 0.15) is 6.04 Å². The van der Waals surface area contributed by atoms with Crippen molar-refractivity contribution in [2.24, 2.45) is 0 Å². The van der Waals surface area contributed by atoms with E-state index in [1.54, 1.807) is 11.8 Å².